The van der Waals surface area contributed by atoms with E-state index in [-0.39, 0.29) is 16.7 Å². The highest BCUT2D eigenvalue weighted by Gasteiger charge is 2.35. The predicted molar refractivity (Wildman–Crippen MR) is 110 cm³/mol. The minimum absolute atomic E-state index is 0.139. The number of carbonyl (C=O) groups excluding carboxylic acids is 2. The number of carbonyl (C=O) groups is 3. The summed E-state index contributed by atoms with van der Waals surface area (Å²) in [5, 5.41) is 9.00. The van der Waals surface area contributed by atoms with Crippen LogP contribution < -0.4 is 4.74 Å². The van der Waals surface area contributed by atoms with Gasteiger partial charge in [-0.3, -0.25) is 14.5 Å². The number of carboxylic acid groups (broad SMARTS) is 1. The fourth-order valence-electron chi connectivity index (χ4n) is 2.45. The first-order valence-corrected chi connectivity index (χ1v) is 9.96. The Hall–Kier alpha value is -2.29. The van der Waals surface area contributed by atoms with Crippen molar-refractivity contribution in [2.24, 2.45) is 0 Å². The van der Waals surface area contributed by atoms with Crippen molar-refractivity contribution in [1.29, 1.82) is 0 Å². The van der Waals surface area contributed by atoms with Gasteiger partial charge >= 0.3 is 5.97 Å². The Kier molecular flexibility index (Phi) is 6.43. The van der Waals surface area contributed by atoms with Crippen molar-refractivity contribution in [2.75, 3.05) is 6.61 Å². The van der Waals surface area contributed by atoms with E-state index in [9.17, 15) is 14.4 Å². The van der Waals surface area contributed by atoms with E-state index >= 15 is 0 Å². The molecular formula is C19H13BrClNO5S. The lowest BCUT2D eigenvalue weighted by Crippen LogP contribution is -2.27. The maximum atomic E-state index is 12.7. The van der Waals surface area contributed by atoms with E-state index in [0.717, 1.165) is 26.7 Å². The van der Waals surface area contributed by atoms with Gasteiger partial charge in [-0.15, -0.1) is 0 Å². The van der Waals surface area contributed by atoms with Crippen molar-refractivity contribution in [1.82, 2.24) is 4.90 Å². The Morgan fingerprint density at radius 1 is 1.21 bits per heavy atom. The maximum Gasteiger partial charge on any atom is 0.341 e. The second-order valence-electron chi connectivity index (χ2n) is 5.76. The van der Waals surface area contributed by atoms with E-state index < -0.39 is 18.5 Å². The number of hydrogen-bond acceptors (Lipinski definition) is 5. The minimum atomic E-state index is -1.11. The Labute approximate surface area is 178 Å². The molecule has 2 aromatic carbocycles. The molecule has 0 saturated carbocycles. The number of halogens is 2. The molecule has 0 aromatic heterocycles. The molecule has 2 amide bonds. The summed E-state index contributed by atoms with van der Waals surface area (Å²) in [6, 6.07) is 11.9. The van der Waals surface area contributed by atoms with Crippen LogP contribution in [0.4, 0.5) is 4.79 Å². The zero-order chi connectivity index (χ0) is 20.3. The molecule has 1 fully saturated rings. The quantitative estimate of drug-likeness (QED) is 0.595. The highest BCUT2D eigenvalue weighted by molar-refractivity contribution is 9.10. The maximum absolute atomic E-state index is 12.7. The fourth-order valence-corrected chi connectivity index (χ4v) is 3.79. The van der Waals surface area contributed by atoms with E-state index in [2.05, 4.69) is 15.9 Å². The number of aliphatic carboxylic acids is 1. The van der Waals surface area contributed by atoms with E-state index in [0.29, 0.717) is 16.3 Å². The molecule has 1 aliphatic rings. The standard InChI is InChI=1S/C19H13BrClNO5S/c20-13-3-6-15(27-10-17(23)24)12(7-13)8-16-18(25)22(19(26)28-16)9-11-1-4-14(21)5-2-11/h1-8H,9-10H2,(H,23,24)/b16-8-. The topological polar surface area (TPSA) is 83.9 Å². The van der Waals surface area contributed by atoms with Crippen molar-refractivity contribution >= 4 is 62.5 Å². The summed E-state index contributed by atoms with van der Waals surface area (Å²) < 4.78 is 5.99. The molecule has 0 spiro atoms. The van der Waals surface area contributed by atoms with Crippen molar-refractivity contribution in [3.8, 4) is 5.75 Å². The molecule has 1 aliphatic heterocycles. The first-order valence-electron chi connectivity index (χ1n) is 7.97. The second kappa shape index (κ2) is 8.81. The van der Waals surface area contributed by atoms with Crippen LogP contribution in [0.3, 0.4) is 0 Å². The number of hydrogen-bond donors (Lipinski definition) is 1. The number of benzene rings is 2. The van der Waals surface area contributed by atoms with Gasteiger partial charge in [-0.05, 0) is 53.7 Å². The van der Waals surface area contributed by atoms with Gasteiger partial charge in [0.25, 0.3) is 11.1 Å². The lowest BCUT2D eigenvalue weighted by molar-refractivity contribution is -0.139. The van der Waals surface area contributed by atoms with E-state index in [1.54, 1.807) is 42.5 Å². The van der Waals surface area contributed by atoms with E-state index in [1.165, 1.54) is 6.08 Å². The van der Waals surface area contributed by atoms with Crippen LogP contribution in [-0.2, 0) is 16.1 Å². The number of amides is 2. The largest absolute Gasteiger partial charge is 0.481 e. The molecule has 1 saturated heterocycles. The summed E-state index contributed by atoms with van der Waals surface area (Å²) in [7, 11) is 0. The Morgan fingerprint density at radius 3 is 2.61 bits per heavy atom. The first kappa shape index (κ1) is 20.4. The summed E-state index contributed by atoms with van der Waals surface area (Å²) >= 11 is 10.0. The van der Waals surface area contributed by atoms with Crippen LogP contribution in [0.2, 0.25) is 5.02 Å². The molecule has 0 unspecified atom stereocenters. The minimum Gasteiger partial charge on any atom is -0.481 e. The van der Waals surface area contributed by atoms with Gasteiger partial charge < -0.3 is 9.84 Å². The normalized spacial score (nSPS) is 15.4. The van der Waals surface area contributed by atoms with Crippen LogP contribution in [0, 0.1) is 0 Å². The third kappa shape index (κ3) is 4.95. The lowest BCUT2D eigenvalue weighted by Gasteiger charge is -2.12. The van der Waals surface area contributed by atoms with Crippen molar-refractivity contribution in [3.63, 3.8) is 0 Å². The molecule has 0 radical (unpaired) electrons. The zero-order valence-corrected chi connectivity index (χ0v) is 17.4. The van der Waals surface area contributed by atoms with Crippen LogP contribution >= 0.6 is 39.3 Å². The molecule has 0 atom stereocenters. The van der Waals surface area contributed by atoms with Crippen molar-refractivity contribution < 1.29 is 24.2 Å². The summed E-state index contributed by atoms with van der Waals surface area (Å²) in [4.78, 5) is 37.1. The van der Waals surface area contributed by atoms with Gasteiger partial charge in [-0.2, -0.15) is 0 Å². The third-order valence-electron chi connectivity index (χ3n) is 3.74. The Bertz CT molecular complexity index is 977. The van der Waals surface area contributed by atoms with Crippen LogP contribution in [0.15, 0.2) is 51.8 Å². The Balaban J connectivity index is 1.84. The van der Waals surface area contributed by atoms with Crippen molar-refractivity contribution in [3.05, 3.63) is 68.0 Å². The number of thioether (sulfide) groups is 1. The van der Waals surface area contributed by atoms with Gasteiger partial charge in [-0.1, -0.05) is 39.7 Å². The molecule has 0 aliphatic carbocycles. The lowest BCUT2D eigenvalue weighted by atomic mass is 10.1. The highest BCUT2D eigenvalue weighted by Crippen LogP contribution is 2.35. The zero-order valence-electron chi connectivity index (χ0n) is 14.2. The summed E-state index contributed by atoms with van der Waals surface area (Å²) in [6.07, 6.45) is 1.52. The second-order valence-corrected chi connectivity index (χ2v) is 8.10. The summed E-state index contributed by atoms with van der Waals surface area (Å²) in [5.74, 6) is -1.23. The van der Waals surface area contributed by atoms with E-state index in [1.807, 2.05) is 0 Å². The van der Waals surface area contributed by atoms with Gasteiger partial charge in [0.05, 0.1) is 11.4 Å². The van der Waals surface area contributed by atoms with Crippen LogP contribution in [-0.4, -0.2) is 33.7 Å². The van der Waals surface area contributed by atoms with Gasteiger partial charge in [0.1, 0.15) is 5.75 Å². The molecule has 28 heavy (non-hydrogen) atoms. The summed E-state index contributed by atoms with van der Waals surface area (Å²) in [6.45, 7) is -0.374. The van der Waals surface area contributed by atoms with Crippen molar-refractivity contribution in [2.45, 2.75) is 6.54 Å². The molecule has 3 rings (SSSR count). The van der Waals surface area contributed by atoms with Gasteiger partial charge in [0.15, 0.2) is 6.61 Å². The van der Waals surface area contributed by atoms with Crippen LogP contribution in [0.5, 0.6) is 5.75 Å². The Morgan fingerprint density at radius 2 is 1.93 bits per heavy atom. The van der Waals surface area contributed by atoms with Gasteiger partial charge in [0, 0.05) is 15.1 Å². The third-order valence-corrected chi connectivity index (χ3v) is 5.39. The van der Waals surface area contributed by atoms with Crippen LogP contribution in [0.25, 0.3) is 6.08 Å². The molecule has 2 aromatic rings. The monoisotopic (exact) mass is 481 g/mol. The number of rotatable bonds is 6. The number of imide groups is 1. The predicted octanol–water partition coefficient (Wildman–Crippen LogP) is 4.80. The molecule has 0 bridgehead atoms. The van der Waals surface area contributed by atoms with Crippen LogP contribution in [0.1, 0.15) is 11.1 Å². The molecular weight excluding hydrogens is 470 g/mol. The average molecular weight is 483 g/mol. The molecule has 144 valence electrons. The number of carboxylic acids is 1. The van der Waals surface area contributed by atoms with E-state index in [4.69, 9.17) is 21.4 Å². The molecule has 6 nitrogen and oxygen atoms in total. The van der Waals surface area contributed by atoms with Gasteiger partial charge in [0.2, 0.25) is 0 Å². The molecule has 1 N–H and O–H groups in total. The highest BCUT2D eigenvalue weighted by atomic mass is 79.9. The summed E-state index contributed by atoms with van der Waals surface area (Å²) in [5.41, 5.74) is 1.27. The molecule has 1 heterocycles. The fraction of sp³-hybridized carbons (Fsp3) is 0.105. The average Bonchev–Trinajstić information content (AvgIpc) is 2.90. The smallest absolute Gasteiger partial charge is 0.341 e. The SMILES string of the molecule is O=C(O)COc1ccc(Br)cc1/C=C1\SC(=O)N(Cc2ccc(Cl)cc2)C1=O. The first-order chi connectivity index (χ1) is 13.3. The van der Waals surface area contributed by atoms with Gasteiger partial charge in [-0.25, -0.2) is 4.79 Å². The molecule has 9 heteroatoms. The number of ether oxygens (including phenoxy) is 1. The number of nitrogens with zero attached hydrogens (tertiary/aromatic N) is 1.